The Morgan fingerprint density at radius 3 is 2.44 bits per heavy atom. The van der Waals surface area contributed by atoms with Crippen LogP contribution in [0.1, 0.15) is 29.8 Å². The number of hydrogen-bond acceptors (Lipinski definition) is 4. The maximum absolute atomic E-state index is 12.2. The van der Waals surface area contributed by atoms with Crippen molar-refractivity contribution in [3.63, 3.8) is 0 Å². The molecule has 2 aromatic carbocycles. The van der Waals surface area contributed by atoms with Crippen LogP contribution in [-0.4, -0.2) is 24.6 Å². The van der Waals surface area contributed by atoms with Gasteiger partial charge in [-0.15, -0.1) is 0 Å². The largest absolute Gasteiger partial charge is 0.481 e. The van der Waals surface area contributed by atoms with Gasteiger partial charge < -0.3 is 14.8 Å². The van der Waals surface area contributed by atoms with E-state index in [0.29, 0.717) is 11.4 Å². The number of benzene rings is 2. The Hall–Kier alpha value is -2.53. The van der Waals surface area contributed by atoms with Gasteiger partial charge in [-0.3, -0.25) is 4.79 Å². The predicted molar refractivity (Wildman–Crippen MR) is 97.3 cm³/mol. The summed E-state index contributed by atoms with van der Waals surface area (Å²) in [6.45, 7) is 5.62. The van der Waals surface area contributed by atoms with Crippen LogP contribution in [0.2, 0.25) is 5.02 Å². The first-order valence-electron chi connectivity index (χ1n) is 7.91. The lowest BCUT2D eigenvalue weighted by molar-refractivity contribution is -0.122. The molecule has 0 saturated heterocycles. The molecule has 2 rings (SSSR count). The number of aryl methyl sites for hydroxylation is 1. The fourth-order valence-corrected chi connectivity index (χ4v) is 2.34. The number of rotatable bonds is 6. The van der Waals surface area contributed by atoms with Gasteiger partial charge in [0.05, 0.1) is 17.2 Å². The van der Waals surface area contributed by atoms with Crippen molar-refractivity contribution in [1.29, 1.82) is 0 Å². The fraction of sp³-hybridized carbons (Fsp3) is 0.263. The fourth-order valence-electron chi connectivity index (χ4n) is 2.09. The lowest BCUT2D eigenvalue weighted by Gasteiger charge is -2.15. The van der Waals surface area contributed by atoms with E-state index in [1.807, 2.05) is 31.2 Å². The molecule has 0 heterocycles. The van der Waals surface area contributed by atoms with Gasteiger partial charge in [-0.05, 0) is 51.1 Å². The van der Waals surface area contributed by atoms with Crippen LogP contribution in [0, 0.1) is 6.92 Å². The maximum atomic E-state index is 12.2. The Labute approximate surface area is 151 Å². The maximum Gasteiger partial charge on any atom is 0.339 e. The topological polar surface area (TPSA) is 64.6 Å². The minimum Gasteiger partial charge on any atom is -0.481 e. The normalized spacial score (nSPS) is 11.5. The lowest BCUT2D eigenvalue weighted by Crippen LogP contribution is -2.30. The van der Waals surface area contributed by atoms with E-state index in [1.54, 1.807) is 19.9 Å². The first kappa shape index (κ1) is 18.8. The standard InChI is InChI=1S/C19H20ClNO4/c1-4-24-19(23)16-10-7-14(11-17(16)20)21-18(22)13(3)25-15-8-5-12(2)6-9-15/h5-11,13H,4H2,1-3H3,(H,21,22)/t13-/m1/s1. The highest BCUT2D eigenvalue weighted by molar-refractivity contribution is 6.34. The Kier molecular flexibility index (Phi) is 6.42. The number of carbonyl (C=O) groups excluding carboxylic acids is 2. The molecule has 1 amide bonds. The number of anilines is 1. The molecular weight excluding hydrogens is 342 g/mol. The van der Waals surface area contributed by atoms with Gasteiger partial charge in [-0.1, -0.05) is 29.3 Å². The molecule has 0 aliphatic carbocycles. The number of esters is 1. The monoisotopic (exact) mass is 361 g/mol. The summed E-state index contributed by atoms with van der Waals surface area (Å²) in [6.07, 6.45) is -0.689. The summed E-state index contributed by atoms with van der Waals surface area (Å²) >= 11 is 6.08. The summed E-state index contributed by atoms with van der Waals surface area (Å²) in [5.41, 5.74) is 1.84. The number of amides is 1. The molecule has 1 N–H and O–H groups in total. The van der Waals surface area contributed by atoms with Crippen molar-refractivity contribution in [2.45, 2.75) is 26.9 Å². The van der Waals surface area contributed by atoms with Gasteiger partial charge in [-0.2, -0.15) is 0 Å². The van der Waals surface area contributed by atoms with Crippen LogP contribution < -0.4 is 10.1 Å². The summed E-state index contributed by atoms with van der Waals surface area (Å²) in [7, 11) is 0. The molecule has 0 saturated carbocycles. The van der Waals surface area contributed by atoms with E-state index in [9.17, 15) is 9.59 Å². The van der Waals surface area contributed by atoms with E-state index in [-0.39, 0.29) is 23.1 Å². The number of ether oxygens (including phenoxy) is 2. The Morgan fingerprint density at radius 2 is 1.84 bits per heavy atom. The van der Waals surface area contributed by atoms with E-state index in [0.717, 1.165) is 5.56 Å². The summed E-state index contributed by atoms with van der Waals surface area (Å²) in [4.78, 5) is 24.0. The average Bonchev–Trinajstić information content (AvgIpc) is 2.57. The molecule has 0 bridgehead atoms. The lowest BCUT2D eigenvalue weighted by atomic mass is 10.2. The Morgan fingerprint density at radius 1 is 1.16 bits per heavy atom. The molecule has 132 valence electrons. The zero-order valence-corrected chi connectivity index (χ0v) is 15.1. The smallest absolute Gasteiger partial charge is 0.339 e. The molecule has 0 aliphatic rings. The van der Waals surface area contributed by atoms with Gasteiger partial charge >= 0.3 is 5.97 Å². The van der Waals surface area contributed by atoms with E-state index in [1.165, 1.54) is 12.1 Å². The van der Waals surface area contributed by atoms with Crippen molar-refractivity contribution in [1.82, 2.24) is 0 Å². The van der Waals surface area contributed by atoms with Crippen LogP contribution >= 0.6 is 11.6 Å². The second-order valence-electron chi connectivity index (χ2n) is 5.48. The van der Waals surface area contributed by atoms with Crippen molar-refractivity contribution in [3.8, 4) is 5.75 Å². The molecule has 0 radical (unpaired) electrons. The molecular formula is C19H20ClNO4. The highest BCUT2D eigenvalue weighted by atomic mass is 35.5. The van der Waals surface area contributed by atoms with Crippen molar-refractivity contribution in [2.24, 2.45) is 0 Å². The molecule has 0 spiro atoms. The highest BCUT2D eigenvalue weighted by Crippen LogP contribution is 2.22. The minimum atomic E-state index is -0.689. The zero-order chi connectivity index (χ0) is 18.4. The summed E-state index contributed by atoms with van der Waals surface area (Å²) in [6, 6.07) is 12.1. The number of nitrogens with one attached hydrogen (secondary N) is 1. The molecule has 0 aromatic heterocycles. The molecule has 5 nitrogen and oxygen atoms in total. The van der Waals surface area contributed by atoms with Crippen LogP contribution in [0.15, 0.2) is 42.5 Å². The average molecular weight is 362 g/mol. The number of carbonyl (C=O) groups is 2. The highest BCUT2D eigenvalue weighted by Gasteiger charge is 2.17. The Balaban J connectivity index is 2.00. The van der Waals surface area contributed by atoms with Gasteiger partial charge in [0, 0.05) is 5.69 Å². The molecule has 0 fully saturated rings. The van der Waals surface area contributed by atoms with E-state index >= 15 is 0 Å². The number of halogens is 1. The van der Waals surface area contributed by atoms with E-state index in [2.05, 4.69) is 5.32 Å². The first-order chi connectivity index (χ1) is 11.9. The van der Waals surface area contributed by atoms with E-state index < -0.39 is 12.1 Å². The van der Waals surface area contributed by atoms with Crippen LogP contribution in [0.4, 0.5) is 5.69 Å². The zero-order valence-electron chi connectivity index (χ0n) is 14.3. The molecule has 2 aromatic rings. The molecule has 1 atom stereocenters. The quantitative estimate of drug-likeness (QED) is 0.782. The van der Waals surface area contributed by atoms with Gasteiger partial charge in [0.1, 0.15) is 5.75 Å². The SMILES string of the molecule is CCOC(=O)c1ccc(NC(=O)[C@@H](C)Oc2ccc(C)cc2)cc1Cl. The summed E-state index contributed by atoms with van der Waals surface area (Å²) < 4.78 is 10.5. The van der Waals surface area contributed by atoms with Crippen LogP contribution in [0.25, 0.3) is 0 Å². The van der Waals surface area contributed by atoms with Crippen molar-refractivity contribution >= 4 is 29.2 Å². The molecule has 6 heteroatoms. The van der Waals surface area contributed by atoms with Gasteiger partial charge in [0.25, 0.3) is 5.91 Å². The molecule has 0 aliphatic heterocycles. The summed E-state index contributed by atoms with van der Waals surface area (Å²) in [5.74, 6) is -0.203. The van der Waals surface area contributed by atoms with Gasteiger partial charge in [-0.25, -0.2) is 4.79 Å². The van der Waals surface area contributed by atoms with Crippen molar-refractivity contribution < 1.29 is 19.1 Å². The third-order valence-electron chi connectivity index (χ3n) is 3.44. The van der Waals surface area contributed by atoms with Crippen LogP contribution in [0.5, 0.6) is 5.75 Å². The van der Waals surface area contributed by atoms with Crippen LogP contribution in [-0.2, 0) is 9.53 Å². The Bertz CT molecular complexity index is 759. The molecule has 25 heavy (non-hydrogen) atoms. The van der Waals surface area contributed by atoms with Crippen molar-refractivity contribution in [3.05, 3.63) is 58.6 Å². The third-order valence-corrected chi connectivity index (χ3v) is 3.75. The third kappa shape index (κ3) is 5.22. The van der Waals surface area contributed by atoms with E-state index in [4.69, 9.17) is 21.1 Å². The second-order valence-corrected chi connectivity index (χ2v) is 5.88. The van der Waals surface area contributed by atoms with Crippen molar-refractivity contribution in [2.75, 3.05) is 11.9 Å². The number of hydrogen-bond donors (Lipinski definition) is 1. The minimum absolute atomic E-state index is 0.211. The first-order valence-corrected chi connectivity index (χ1v) is 8.29. The molecule has 0 unspecified atom stereocenters. The predicted octanol–water partition coefficient (Wildman–Crippen LogP) is 4.23. The summed E-state index contributed by atoms with van der Waals surface area (Å²) in [5, 5.41) is 2.92. The van der Waals surface area contributed by atoms with Crippen LogP contribution in [0.3, 0.4) is 0 Å². The second kappa shape index (κ2) is 8.53. The van der Waals surface area contributed by atoms with Gasteiger partial charge in [0.15, 0.2) is 6.10 Å². The van der Waals surface area contributed by atoms with Gasteiger partial charge in [0.2, 0.25) is 0 Å².